The summed E-state index contributed by atoms with van der Waals surface area (Å²) in [6.45, 7) is 4.26. The van der Waals surface area contributed by atoms with Gasteiger partial charge in [0.05, 0.1) is 11.5 Å². The van der Waals surface area contributed by atoms with Crippen LogP contribution in [0.4, 0.5) is 14.5 Å². The molecule has 0 saturated heterocycles. The van der Waals surface area contributed by atoms with E-state index >= 15 is 0 Å². The largest absolute Gasteiger partial charge is 0.465 e. The van der Waals surface area contributed by atoms with Crippen LogP contribution in [0.3, 0.4) is 0 Å². The molecule has 0 aliphatic carbocycles. The first kappa shape index (κ1) is 17.4. The predicted octanol–water partition coefficient (Wildman–Crippen LogP) is 2.07. The van der Waals surface area contributed by atoms with Crippen molar-refractivity contribution >= 4 is 21.5 Å². The number of sulfone groups is 1. The summed E-state index contributed by atoms with van der Waals surface area (Å²) in [6, 6.07) is 4.98. The van der Waals surface area contributed by atoms with Crippen LogP contribution in [-0.2, 0) is 19.4 Å². The Morgan fingerprint density at radius 1 is 1.24 bits per heavy atom. The molecule has 0 saturated carbocycles. The van der Waals surface area contributed by atoms with E-state index in [-0.39, 0.29) is 13.2 Å². The summed E-state index contributed by atoms with van der Waals surface area (Å²) in [7, 11) is -4.60. The molecule has 1 aromatic rings. The van der Waals surface area contributed by atoms with Crippen molar-refractivity contribution in [1.29, 1.82) is 0 Å². The molecule has 0 aliphatic rings. The molecule has 118 valence electrons. The average Bonchev–Trinajstić information content (AvgIpc) is 2.45. The summed E-state index contributed by atoms with van der Waals surface area (Å²) in [5, 5.41) is 0. The minimum absolute atomic E-state index is 0.00524. The second kappa shape index (κ2) is 7.35. The molecule has 0 atom stereocenters. The highest BCUT2D eigenvalue weighted by Gasteiger charge is 2.26. The summed E-state index contributed by atoms with van der Waals surface area (Å²) in [6.07, 6.45) is 0. The van der Waals surface area contributed by atoms with Crippen molar-refractivity contribution in [3.8, 4) is 0 Å². The molecule has 0 spiro atoms. The Morgan fingerprint density at radius 3 is 2.24 bits per heavy atom. The van der Waals surface area contributed by atoms with Crippen LogP contribution < -0.4 is 4.90 Å². The van der Waals surface area contributed by atoms with Gasteiger partial charge in [-0.15, -0.1) is 0 Å². The Bertz CT molecular complexity index is 572. The first-order valence-electron chi connectivity index (χ1n) is 6.35. The van der Waals surface area contributed by atoms with Gasteiger partial charge in [-0.1, -0.05) is 0 Å². The minimum atomic E-state index is -4.60. The maximum Gasteiger partial charge on any atom is 0.341 e. The third-order valence-electron chi connectivity index (χ3n) is 2.77. The van der Waals surface area contributed by atoms with Gasteiger partial charge in [-0.3, -0.25) is 4.79 Å². The van der Waals surface area contributed by atoms with Gasteiger partial charge >= 0.3 is 11.7 Å². The van der Waals surface area contributed by atoms with Crippen LogP contribution >= 0.6 is 0 Å². The van der Waals surface area contributed by atoms with Crippen LogP contribution in [0, 0.1) is 0 Å². The summed E-state index contributed by atoms with van der Waals surface area (Å²) in [5.41, 5.74) is 0.554. The molecule has 0 fully saturated rings. The topological polar surface area (TPSA) is 63.7 Å². The van der Waals surface area contributed by atoms with E-state index in [1.807, 2.05) is 6.92 Å². The molecular formula is C13H17F2NO4S. The summed E-state index contributed by atoms with van der Waals surface area (Å²) in [5.74, 6) is -3.87. The maximum absolute atomic E-state index is 12.4. The van der Waals surface area contributed by atoms with Gasteiger partial charge < -0.3 is 9.64 Å². The molecule has 0 unspecified atom stereocenters. The van der Waals surface area contributed by atoms with Crippen LogP contribution in [0.2, 0.25) is 0 Å². The molecule has 0 aliphatic heterocycles. The fourth-order valence-electron chi connectivity index (χ4n) is 1.70. The average molecular weight is 321 g/mol. The fraction of sp³-hybridized carbons (Fsp3) is 0.462. The number of carbonyl (C=O) groups excluding carboxylic acids is 1. The number of esters is 1. The molecule has 5 nitrogen and oxygen atoms in total. The van der Waals surface area contributed by atoms with Gasteiger partial charge in [0.2, 0.25) is 9.84 Å². The third-order valence-corrected chi connectivity index (χ3v) is 4.17. The van der Waals surface area contributed by atoms with Crippen LogP contribution in [-0.4, -0.2) is 39.8 Å². The molecule has 0 bridgehead atoms. The highest BCUT2D eigenvalue weighted by Crippen LogP contribution is 2.22. The van der Waals surface area contributed by atoms with Crippen LogP contribution in [0.15, 0.2) is 29.2 Å². The van der Waals surface area contributed by atoms with Crippen molar-refractivity contribution in [2.75, 3.05) is 24.6 Å². The van der Waals surface area contributed by atoms with Crippen LogP contribution in [0.1, 0.15) is 13.8 Å². The molecule has 0 radical (unpaired) electrons. The van der Waals surface area contributed by atoms with E-state index < -0.39 is 26.5 Å². The number of nitrogens with zero attached hydrogens (tertiary/aromatic N) is 1. The quantitative estimate of drug-likeness (QED) is 0.720. The SMILES string of the molecule is CCOC(=O)CN(CC)c1ccc(S(=O)(=O)C(F)F)cc1. The molecule has 0 aromatic heterocycles. The number of halogens is 2. The Hall–Kier alpha value is -1.70. The van der Waals surface area contributed by atoms with Gasteiger partial charge in [0.25, 0.3) is 0 Å². The number of carbonyl (C=O) groups is 1. The van der Waals surface area contributed by atoms with Gasteiger partial charge in [-0.05, 0) is 38.1 Å². The Balaban J connectivity index is 2.92. The normalized spacial score (nSPS) is 11.5. The number of rotatable bonds is 7. The molecular weight excluding hydrogens is 304 g/mol. The van der Waals surface area contributed by atoms with E-state index in [1.165, 1.54) is 12.1 Å². The van der Waals surface area contributed by atoms with Crippen molar-refractivity contribution in [1.82, 2.24) is 0 Å². The zero-order chi connectivity index (χ0) is 16.0. The van der Waals surface area contributed by atoms with Gasteiger partial charge in [-0.2, -0.15) is 8.78 Å². The number of hydrogen-bond acceptors (Lipinski definition) is 5. The number of benzene rings is 1. The highest BCUT2D eigenvalue weighted by atomic mass is 32.2. The molecule has 1 aromatic carbocycles. The van der Waals surface area contributed by atoms with Gasteiger partial charge in [0.1, 0.15) is 6.54 Å². The lowest BCUT2D eigenvalue weighted by atomic mass is 10.3. The molecule has 21 heavy (non-hydrogen) atoms. The van der Waals surface area contributed by atoms with Crippen molar-refractivity contribution in [2.24, 2.45) is 0 Å². The Morgan fingerprint density at radius 2 is 1.81 bits per heavy atom. The number of likely N-dealkylation sites (N-methyl/N-ethyl adjacent to an activating group) is 1. The van der Waals surface area contributed by atoms with E-state index in [0.29, 0.717) is 12.2 Å². The lowest BCUT2D eigenvalue weighted by Gasteiger charge is -2.22. The lowest BCUT2D eigenvalue weighted by Crippen LogP contribution is -2.30. The predicted molar refractivity (Wildman–Crippen MR) is 74.2 cm³/mol. The van der Waals surface area contributed by atoms with Gasteiger partial charge in [0.15, 0.2) is 0 Å². The number of hydrogen-bond donors (Lipinski definition) is 0. The van der Waals surface area contributed by atoms with Crippen molar-refractivity contribution < 1.29 is 26.7 Å². The molecule has 0 heterocycles. The smallest absolute Gasteiger partial charge is 0.341 e. The minimum Gasteiger partial charge on any atom is -0.465 e. The van der Waals surface area contributed by atoms with Crippen molar-refractivity contribution in [3.05, 3.63) is 24.3 Å². The fourth-order valence-corrected chi connectivity index (χ4v) is 2.42. The first-order chi connectivity index (χ1) is 9.82. The number of alkyl halides is 2. The number of anilines is 1. The standard InChI is InChI=1S/C13H17F2NO4S/c1-3-16(9-12(17)20-4-2)10-5-7-11(8-6-10)21(18,19)13(14)15/h5-8,13H,3-4,9H2,1-2H3. The van der Waals surface area contributed by atoms with Crippen molar-refractivity contribution in [2.45, 2.75) is 24.5 Å². The third kappa shape index (κ3) is 4.38. The zero-order valence-electron chi connectivity index (χ0n) is 11.8. The van der Waals surface area contributed by atoms with Crippen molar-refractivity contribution in [3.63, 3.8) is 0 Å². The summed E-state index contributed by atoms with van der Waals surface area (Å²) in [4.78, 5) is 12.6. The second-order valence-electron chi connectivity index (χ2n) is 4.12. The molecule has 8 heteroatoms. The Kier molecular flexibility index (Phi) is 6.07. The van der Waals surface area contributed by atoms with Gasteiger partial charge in [0, 0.05) is 12.2 Å². The van der Waals surface area contributed by atoms with Gasteiger partial charge in [-0.25, -0.2) is 8.42 Å². The van der Waals surface area contributed by atoms with E-state index in [0.717, 1.165) is 12.1 Å². The summed E-state index contributed by atoms with van der Waals surface area (Å²) < 4.78 is 52.3. The monoisotopic (exact) mass is 321 g/mol. The second-order valence-corrected chi connectivity index (χ2v) is 6.04. The van der Waals surface area contributed by atoms with E-state index in [2.05, 4.69) is 0 Å². The lowest BCUT2D eigenvalue weighted by molar-refractivity contribution is -0.141. The van der Waals surface area contributed by atoms with E-state index in [4.69, 9.17) is 4.74 Å². The molecule has 1 rings (SSSR count). The molecule has 0 amide bonds. The van der Waals surface area contributed by atoms with Crippen LogP contribution in [0.5, 0.6) is 0 Å². The van der Waals surface area contributed by atoms with Crippen LogP contribution in [0.25, 0.3) is 0 Å². The summed E-state index contributed by atoms with van der Waals surface area (Å²) >= 11 is 0. The zero-order valence-corrected chi connectivity index (χ0v) is 12.6. The number of ether oxygens (including phenoxy) is 1. The van der Waals surface area contributed by atoms with E-state index in [1.54, 1.807) is 11.8 Å². The highest BCUT2D eigenvalue weighted by molar-refractivity contribution is 7.91. The maximum atomic E-state index is 12.4. The van der Waals surface area contributed by atoms with E-state index in [9.17, 15) is 22.0 Å². The first-order valence-corrected chi connectivity index (χ1v) is 7.90. The molecule has 0 N–H and O–H groups in total. The Labute approximate surface area is 122 Å².